The fraction of sp³-hybridized carbons (Fsp3) is 0.444. The number of nitrogens with zero attached hydrogens (tertiary/aromatic N) is 1. The van der Waals surface area contributed by atoms with Gasteiger partial charge in [-0.3, -0.25) is 9.55 Å². The highest BCUT2D eigenvalue weighted by Crippen LogP contribution is 2.47. The minimum atomic E-state index is -3.46. The highest BCUT2D eigenvalue weighted by atomic mass is 31.2. The van der Waals surface area contributed by atoms with E-state index in [1.54, 1.807) is 38.4 Å². The molecule has 78 valence electrons. The molecule has 0 aliphatic rings. The van der Waals surface area contributed by atoms with E-state index < -0.39 is 7.60 Å². The van der Waals surface area contributed by atoms with Crippen molar-refractivity contribution >= 4 is 7.60 Å². The lowest BCUT2D eigenvalue weighted by atomic mass is 10.3. The van der Waals surface area contributed by atoms with Crippen molar-refractivity contribution < 1.29 is 14.0 Å². The Kier molecular flexibility index (Phi) is 3.81. The summed E-state index contributed by atoms with van der Waals surface area (Å²) in [5.41, 5.74) is 0.418. The summed E-state index contributed by atoms with van der Waals surface area (Å²) in [6.07, 6.45) is 3.25. The van der Waals surface area contributed by atoms with Crippen molar-refractivity contribution in [3.05, 3.63) is 30.1 Å². The lowest BCUT2D eigenvalue weighted by Gasteiger charge is -2.14. The molecule has 0 amide bonds. The van der Waals surface area contributed by atoms with Crippen LogP contribution in [0, 0.1) is 0 Å². The third-order valence-electron chi connectivity index (χ3n) is 1.79. The predicted molar refractivity (Wildman–Crippen MR) is 54.0 cm³/mol. The zero-order chi connectivity index (χ0) is 10.6. The van der Waals surface area contributed by atoms with E-state index in [-0.39, 0.29) is 12.3 Å². The molecule has 1 atom stereocenters. The molecule has 1 unspecified atom stereocenters. The number of pyridine rings is 1. The average molecular weight is 215 g/mol. The molecule has 1 rings (SSSR count). The van der Waals surface area contributed by atoms with Crippen LogP contribution in [-0.4, -0.2) is 15.5 Å². The number of aromatic nitrogens is 1. The maximum absolute atomic E-state index is 11.4. The Balaban J connectivity index is 2.54. The molecular weight excluding hydrogens is 201 g/mol. The summed E-state index contributed by atoms with van der Waals surface area (Å²) < 4.78 is 16.3. The van der Waals surface area contributed by atoms with E-state index in [9.17, 15) is 9.46 Å². The van der Waals surface area contributed by atoms with Gasteiger partial charge in [0.25, 0.3) is 0 Å². The van der Waals surface area contributed by atoms with E-state index in [2.05, 4.69) is 4.98 Å². The first-order valence-electron chi connectivity index (χ1n) is 4.38. The first-order valence-corrected chi connectivity index (χ1v) is 6.03. The van der Waals surface area contributed by atoms with Gasteiger partial charge in [0.1, 0.15) is 0 Å². The standard InChI is InChI=1S/C9H14NO3P/c1-8(2)14(11,12)13-7-9-4-3-5-10-6-9/h3-6,8H,7H2,1-2H3,(H,11,12). The van der Waals surface area contributed by atoms with Crippen LogP contribution >= 0.6 is 7.60 Å². The quantitative estimate of drug-likeness (QED) is 0.782. The largest absolute Gasteiger partial charge is 0.330 e. The Morgan fingerprint density at radius 3 is 2.86 bits per heavy atom. The number of hydrogen-bond donors (Lipinski definition) is 1. The fourth-order valence-electron chi connectivity index (χ4n) is 0.800. The van der Waals surface area contributed by atoms with Crippen LogP contribution in [0.4, 0.5) is 0 Å². The van der Waals surface area contributed by atoms with E-state index in [4.69, 9.17) is 4.52 Å². The zero-order valence-corrected chi connectivity index (χ0v) is 9.15. The lowest BCUT2D eigenvalue weighted by molar-refractivity contribution is 0.244. The second-order valence-electron chi connectivity index (χ2n) is 3.29. The highest BCUT2D eigenvalue weighted by Gasteiger charge is 2.24. The maximum atomic E-state index is 11.4. The maximum Gasteiger partial charge on any atom is 0.330 e. The average Bonchev–Trinajstić information content (AvgIpc) is 2.16. The minimum Gasteiger partial charge on any atom is -0.324 e. The molecule has 0 saturated carbocycles. The highest BCUT2D eigenvalue weighted by molar-refractivity contribution is 7.53. The summed E-state index contributed by atoms with van der Waals surface area (Å²) in [5.74, 6) is 0. The van der Waals surface area contributed by atoms with Crippen LogP contribution in [0.3, 0.4) is 0 Å². The van der Waals surface area contributed by atoms with Crippen LogP contribution in [0.2, 0.25) is 0 Å². The Labute approximate surface area is 83.5 Å². The topological polar surface area (TPSA) is 59.4 Å². The molecular formula is C9H14NO3P. The molecule has 0 aliphatic heterocycles. The predicted octanol–water partition coefficient (Wildman–Crippen LogP) is 2.19. The van der Waals surface area contributed by atoms with E-state index in [0.717, 1.165) is 5.56 Å². The second-order valence-corrected chi connectivity index (χ2v) is 5.71. The normalized spacial score (nSPS) is 15.4. The van der Waals surface area contributed by atoms with Gasteiger partial charge in [0.05, 0.1) is 12.3 Å². The molecule has 1 aromatic heterocycles. The van der Waals surface area contributed by atoms with Crippen LogP contribution in [-0.2, 0) is 15.7 Å². The van der Waals surface area contributed by atoms with Gasteiger partial charge in [-0.1, -0.05) is 19.9 Å². The molecule has 0 bridgehead atoms. The van der Waals surface area contributed by atoms with Crippen LogP contribution < -0.4 is 0 Å². The monoisotopic (exact) mass is 215 g/mol. The molecule has 0 radical (unpaired) electrons. The second kappa shape index (κ2) is 4.69. The Hall–Kier alpha value is -0.700. The third kappa shape index (κ3) is 3.22. The van der Waals surface area contributed by atoms with E-state index in [0.29, 0.717) is 0 Å². The van der Waals surface area contributed by atoms with Gasteiger partial charge < -0.3 is 9.42 Å². The van der Waals surface area contributed by atoms with Crippen LogP contribution in [0.1, 0.15) is 19.4 Å². The van der Waals surface area contributed by atoms with Gasteiger partial charge in [0.2, 0.25) is 0 Å². The smallest absolute Gasteiger partial charge is 0.324 e. The van der Waals surface area contributed by atoms with Crippen molar-refractivity contribution in [1.29, 1.82) is 0 Å². The van der Waals surface area contributed by atoms with Gasteiger partial charge in [0.15, 0.2) is 0 Å². The summed E-state index contributed by atoms with van der Waals surface area (Å²) in [5, 5.41) is 0. The third-order valence-corrected chi connectivity index (χ3v) is 3.60. The van der Waals surface area contributed by atoms with Gasteiger partial charge in [-0.25, -0.2) is 0 Å². The van der Waals surface area contributed by atoms with Crippen molar-refractivity contribution in [3.63, 3.8) is 0 Å². The Morgan fingerprint density at radius 2 is 2.36 bits per heavy atom. The van der Waals surface area contributed by atoms with Crippen LogP contribution in [0.15, 0.2) is 24.5 Å². The molecule has 14 heavy (non-hydrogen) atoms. The van der Waals surface area contributed by atoms with Crippen molar-refractivity contribution in [1.82, 2.24) is 4.98 Å². The van der Waals surface area contributed by atoms with Crippen molar-refractivity contribution in [3.8, 4) is 0 Å². The van der Waals surface area contributed by atoms with Crippen LogP contribution in [0.25, 0.3) is 0 Å². The van der Waals surface area contributed by atoms with Crippen LogP contribution in [0.5, 0.6) is 0 Å². The van der Waals surface area contributed by atoms with E-state index in [1.165, 1.54) is 0 Å². The molecule has 0 aliphatic carbocycles. The summed E-state index contributed by atoms with van der Waals surface area (Å²) in [6.45, 7) is 3.44. The van der Waals surface area contributed by atoms with E-state index in [1.807, 2.05) is 0 Å². The first kappa shape index (κ1) is 11.4. The molecule has 0 spiro atoms. The summed E-state index contributed by atoms with van der Waals surface area (Å²) >= 11 is 0. The molecule has 4 nitrogen and oxygen atoms in total. The summed E-state index contributed by atoms with van der Waals surface area (Å²) in [6, 6.07) is 3.56. The van der Waals surface area contributed by atoms with Gasteiger partial charge in [-0.05, 0) is 11.6 Å². The molecule has 5 heteroatoms. The SMILES string of the molecule is CC(C)P(=O)(O)OCc1cccnc1. The van der Waals surface area contributed by atoms with Crippen molar-refractivity contribution in [2.45, 2.75) is 26.1 Å². The van der Waals surface area contributed by atoms with Gasteiger partial charge in [-0.15, -0.1) is 0 Å². The Morgan fingerprint density at radius 1 is 1.64 bits per heavy atom. The number of hydrogen-bond acceptors (Lipinski definition) is 3. The fourth-order valence-corrected chi connectivity index (χ4v) is 1.43. The minimum absolute atomic E-state index is 0.125. The molecule has 0 saturated heterocycles. The van der Waals surface area contributed by atoms with Gasteiger partial charge >= 0.3 is 7.60 Å². The first-order chi connectivity index (χ1) is 6.52. The van der Waals surface area contributed by atoms with Gasteiger partial charge in [0, 0.05) is 12.4 Å². The molecule has 1 heterocycles. The molecule has 0 fully saturated rings. The Bertz CT molecular complexity index is 326. The van der Waals surface area contributed by atoms with Crippen molar-refractivity contribution in [2.24, 2.45) is 0 Å². The molecule has 1 aromatic rings. The van der Waals surface area contributed by atoms with E-state index >= 15 is 0 Å². The molecule has 1 N–H and O–H groups in total. The summed E-state index contributed by atoms with van der Waals surface area (Å²) in [7, 11) is -3.46. The summed E-state index contributed by atoms with van der Waals surface area (Å²) in [4.78, 5) is 13.2. The number of rotatable bonds is 4. The zero-order valence-electron chi connectivity index (χ0n) is 8.25. The van der Waals surface area contributed by atoms with Crippen molar-refractivity contribution in [2.75, 3.05) is 0 Å². The lowest BCUT2D eigenvalue weighted by Crippen LogP contribution is -2.01. The van der Waals surface area contributed by atoms with Gasteiger partial charge in [-0.2, -0.15) is 0 Å². The molecule has 0 aromatic carbocycles.